The molecule has 1 N–H and O–H groups in total. The Morgan fingerprint density at radius 1 is 1.54 bits per heavy atom. The Kier molecular flexibility index (Phi) is 7.09. The standard InChI is InChI=1S/C20H26N4OS/c1-14(19-7-6-12-26-19)8-9-15(2)23-20(25)10-11-21-24-17(4)13-16(3)22-18(24)5/h6-9,11-13,15,18H,1,10H2,2-5H3,(H,23,25)/b9-8-,21-11-. The number of thiophene rings is 1. The van der Waals surface area contributed by atoms with E-state index in [1.165, 1.54) is 0 Å². The van der Waals surface area contributed by atoms with Gasteiger partial charge in [-0.1, -0.05) is 24.8 Å². The molecule has 2 atom stereocenters. The second-order valence-corrected chi connectivity index (χ2v) is 7.20. The molecule has 0 saturated carbocycles. The highest BCUT2D eigenvalue weighted by Gasteiger charge is 2.16. The van der Waals surface area contributed by atoms with Crippen LogP contribution in [-0.4, -0.2) is 35.0 Å². The van der Waals surface area contributed by atoms with Gasteiger partial charge in [0, 0.05) is 28.5 Å². The Morgan fingerprint density at radius 3 is 2.96 bits per heavy atom. The maximum absolute atomic E-state index is 12.1. The molecule has 6 heteroatoms. The molecule has 2 unspecified atom stereocenters. The lowest BCUT2D eigenvalue weighted by atomic mass is 10.2. The fourth-order valence-electron chi connectivity index (χ4n) is 2.61. The summed E-state index contributed by atoms with van der Waals surface area (Å²) in [6.07, 6.45) is 7.65. The molecule has 2 heterocycles. The van der Waals surface area contributed by atoms with Crippen LogP contribution >= 0.6 is 11.3 Å². The van der Waals surface area contributed by atoms with Crippen molar-refractivity contribution < 1.29 is 4.79 Å². The maximum atomic E-state index is 12.1. The van der Waals surface area contributed by atoms with Gasteiger partial charge >= 0.3 is 0 Å². The lowest BCUT2D eigenvalue weighted by molar-refractivity contribution is -0.120. The van der Waals surface area contributed by atoms with Crippen LogP contribution in [0, 0.1) is 0 Å². The Labute approximate surface area is 159 Å². The third kappa shape index (κ3) is 5.81. The number of hydrogen-bond donors (Lipinski definition) is 1. The van der Waals surface area contributed by atoms with Crippen molar-refractivity contribution in [3.8, 4) is 0 Å². The minimum absolute atomic E-state index is 0.0515. The van der Waals surface area contributed by atoms with Crippen LogP contribution in [0.2, 0.25) is 0 Å². The van der Waals surface area contributed by atoms with Crippen molar-refractivity contribution in [1.82, 2.24) is 10.3 Å². The zero-order valence-corrected chi connectivity index (χ0v) is 16.6. The highest BCUT2D eigenvalue weighted by atomic mass is 32.1. The van der Waals surface area contributed by atoms with Gasteiger partial charge in [-0.05, 0) is 50.8 Å². The first-order chi connectivity index (χ1) is 12.4. The summed E-state index contributed by atoms with van der Waals surface area (Å²) in [5.41, 5.74) is 2.95. The maximum Gasteiger partial charge on any atom is 0.225 e. The second-order valence-electron chi connectivity index (χ2n) is 6.25. The van der Waals surface area contributed by atoms with Gasteiger partial charge in [0.15, 0.2) is 0 Å². The molecule has 0 aliphatic carbocycles. The van der Waals surface area contributed by atoms with Crippen LogP contribution in [0.5, 0.6) is 0 Å². The van der Waals surface area contributed by atoms with E-state index in [9.17, 15) is 4.79 Å². The summed E-state index contributed by atoms with van der Waals surface area (Å²) < 4.78 is 0. The molecule has 1 aromatic heterocycles. The van der Waals surface area contributed by atoms with Crippen LogP contribution in [0.25, 0.3) is 5.57 Å². The van der Waals surface area contributed by atoms with E-state index in [0.29, 0.717) is 0 Å². The normalized spacial score (nSPS) is 18.8. The van der Waals surface area contributed by atoms with Gasteiger partial charge in [0.1, 0.15) is 6.17 Å². The van der Waals surface area contributed by atoms with Crippen molar-refractivity contribution in [3.63, 3.8) is 0 Å². The van der Waals surface area contributed by atoms with Crippen LogP contribution in [0.3, 0.4) is 0 Å². The van der Waals surface area contributed by atoms with Crippen molar-refractivity contribution in [1.29, 1.82) is 0 Å². The van der Waals surface area contributed by atoms with E-state index in [1.807, 2.05) is 68.4 Å². The zero-order chi connectivity index (χ0) is 19.1. The van der Waals surface area contributed by atoms with E-state index in [4.69, 9.17) is 0 Å². The summed E-state index contributed by atoms with van der Waals surface area (Å²) >= 11 is 1.65. The number of rotatable bonds is 7. The predicted octanol–water partition coefficient (Wildman–Crippen LogP) is 4.22. The van der Waals surface area contributed by atoms with Gasteiger partial charge in [-0.25, -0.2) is 5.01 Å². The largest absolute Gasteiger partial charge is 0.350 e. The summed E-state index contributed by atoms with van der Waals surface area (Å²) in [6, 6.07) is 3.95. The van der Waals surface area contributed by atoms with Crippen molar-refractivity contribution >= 4 is 34.7 Å². The van der Waals surface area contributed by atoms with Gasteiger partial charge in [0.05, 0.1) is 6.42 Å². The Bertz CT molecular complexity index is 759. The summed E-state index contributed by atoms with van der Waals surface area (Å²) in [7, 11) is 0. The number of carbonyl (C=O) groups is 1. The van der Waals surface area contributed by atoms with Crippen molar-refractivity contribution in [2.24, 2.45) is 10.1 Å². The molecular formula is C20H26N4OS. The molecule has 1 amide bonds. The molecule has 1 aliphatic heterocycles. The van der Waals surface area contributed by atoms with Gasteiger partial charge < -0.3 is 5.32 Å². The molecule has 0 radical (unpaired) electrons. The van der Waals surface area contributed by atoms with Crippen molar-refractivity contribution in [2.75, 3.05) is 0 Å². The highest BCUT2D eigenvalue weighted by molar-refractivity contribution is 7.11. The van der Waals surface area contributed by atoms with E-state index >= 15 is 0 Å². The van der Waals surface area contributed by atoms with Crippen LogP contribution < -0.4 is 5.32 Å². The SMILES string of the molecule is C=C(/C=C\C(C)NC(=O)C/C=N\N1C(C)=CC(C)=NC1C)c1cccs1. The van der Waals surface area contributed by atoms with E-state index in [-0.39, 0.29) is 24.5 Å². The molecule has 5 nitrogen and oxygen atoms in total. The Hall–Kier alpha value is -2.47. The highest BCUT2D eigenvalue weighted by Crippen LogP contribution is 2.19. The summed E-state index contributed by atoms with van der Waals surface area (Å²) in [5, 5.41) is 11.1. The number of aliphatic imine (C=N–C) groups is 1. The number of nitrogens with one attached hydrogen (secondary N) is 1. The fourth-order valence-corrected chi connectivity index (χ4v) is 3.29. The van der Waals surface area contributed by atoms with Crippen LogP contribution in [-0.2, 0) is 4.79 Å². The number of carbonyl (C=O) groups excluding carboxylic acids is 1. The fraction of sp³-hybridized carbons (Fsp3) is 0.350. The lowest BCUT2D eigenvalue weighted by Gasteiger charge is -2.27. The van der Waals surface area contributed by atoms with Crippen LogP contribution in [0.15, 0.2) is 58.1 Å². The van der Waals surface area contributed by atoms with Gasteiger partial charge in [-0.3, -0.25) is 9.79 Å². The van der Waals surface area contributed by atoms with E-state index in [1.54, 1.807) is 17.6 Å². The van der Waals surface area contributed by atoms with Gasteiger partial charge in [-0.15, -0.1) is 11.3 Å². The quantitative estimate of drug-likeness (QED) is 0.577. The average molecular weight is 371 g/mol. The molecule has 0 saturated heterocycles. The number of hydrogen-bond acceptors (Lipinski definition) is 5. The van der Waals surface area contributed by atoms with Gasteiger partial charge in [0.25, 0.3) is 0 Å². The molecule has 138 valence electrons. The Morgan fingerprint density at radius 2 is 2.31 bits per heavy atom. The number of amides is 1. The van der Waals surface area contributed by atoms with Crippen LogP contribution in [0.4, 0.5) is 0 Å². The third-order valence-corrected chi connectivity index (χ3v) is 4.76. The number of nitrogens with zero attached hydrogens (tertiary/aromatic N) is 3. The molecule has 26 heavy (non-hydrogen) atoms. The summed E-state index contributed by atoms with van der Waals surface area (Å²) in [6.45, 7) is 11.9. The molecule has 0 bridgehead atoms. The average Bonchev–Trinajstić information content (AvgIpc) is 3.09. The molecule has 0 spiro atoms. The number of hydrazone groups is 1. The minimum atomic E-state index is -0.0737. The first kappa shape index (κ1) is 19.8. The second kappa shape index (κ2) is 9.29. The van der Waals surface area contributed by atoms with E-state index in [2.05, 4.69) is 22.0 Å². The van der Waals surface area contributed by atoms with E-state index in [0.717, 1.165) is 21.9 Å². The molecule has 1 aromatic rings. The van der Waals surface area contributed by atoms with Gasteiger partial charge in [0.2, 0.25) is 5.91 Å². The molecule has 2 rings (SSSR count). The topological polar surface area (TPSA) is 57.1 Å². The smallest absolute Gasteiger partial charge is 0.225 e. The number of allylic oxidation sites excluding steroid dienone is 4. The van der Waals surface area contributed by atoms with E-state index < -0.39 is 0 Å². The van der Waals surface area contributed by atoms with Crippen molar-refractivity contribution in [2.45, 2.75) is 46.3 Å². The molecule has 0 aromatic carbocycles. The monoisotopic (exact) mass is 370 g/mol. The molecule has 1 aliphatic rings. The van der Waals surface area contributed by atoms with Gasteiger partial charge in [-0.2, -0.15) is 5.10 Å². The summed E-state index contributed by atoms with van der Waals surface area (Å²) in [5.74, 6) is -0.0707. The van der Waals surface area contributed by atoms with Crippen molar-refractivity contribution in [3.05, 3.63) is 52.9 Å². The third-order valence-electron chi connectivity index (χ3n) is 3.82. The minimum Gasteiger partial charge on any atom is -0.350 e. The zero-order valence-electron chi connectivity index (χ0n) is 15.8. The molecular weight excluding hydrogens is 344 g/mol. The lowest BCUT2D eigenvalue weighted by Crippen LogP contribution is -2.32. The van der Waals surface area contributed by atoms with Crippen LogP contribution in [0.1, 0.15) is 39.0 Å². The first-order valence-corrected chi connectivity index (χ1v) is 9.49. The predicted molar refractivity (Wildman–Crippen MR) is 111 cm³/mol. The molecule has 0 fully saturated rings. The Balaban J connectivity index is 1.79. The first-order valence-electron chi connectivity index (χ1n) is 8.61. The summed E-state index contributed by atoms with van der Waals surface area (Å²) in [4.78, 5) is 17.7.